The van der Waals surface area contributed by atoms with E-state index >= 15 is 0 Å². The molecule has 2 aromatic carbocycles. The van der Waals surface area contributed by atoms with Crippen LogP contribution in [0.2, 0.25) is 0 Å². The molecule has 2 rings (SSSR count). The first-order valence-electron chi connectivity index (χ1n) is 7.94. The molecule has 0 N–H and O–H groups in total. The fraction of sp³-hybridized carbons (Fsp3) is 0.211. The van der Waals surface area contributed by atoms with Gasteiger partial charge < -0.3 is 14.3 Å². The molecule has 0 bridgehead atoms. The summed E-state index contributed by atoms with van der Waals surface area (Å²) < 4.78 is 22.3. The van der Waals surface area contributed by atoms with Crippen molar-refractivity contribution in [3.05, 3.63) is 65.5 Å². The zero-order valence-electron chi connectivity index (χ0n) is 15.1. The van der Waals surface area contributed by atoms with E-state index < -0.39 is 12.2 Å². The van der Waals surface area contributed by atoms with Crippen molar-refractivity contribution >= 4 is 23.6 Å². The molecule has 0 saturated heterocycles. The number of anilines is 1. The van der Waals surface area contributed by atoms with Crippen LogP contribution in [0.5, 0.6) is 0 Å². The molecule has 0 aliphatic rings. The number of halogens is 1. The molecule has 0 aromatic heterocycles. The van der Waals surface area contributed by atoms with E-state index in [0.717, 1.165) is 19.1 Å². The van der Waals surface area contributed by atoms with Crippen LogP contribution in [0.4, 0.5) is 19.7 Å². The van der Waals surface area contributed by atoms with Gasteiger partial charge in [0.2, 0.25) is 0 Å². The maximum atomic E-state index is 13.0. The molecular weight excluding hydrogens is 355 g/mol. The molecule has 0 radical (unpaired) electrons. The standard InChI is InChI=1S/C19H19FN2O5/c1-13(14-8-10-16(20)11-9-14)21-27-12-15-6-4-5-7-17(15)22(18(23)25-2)19(24)26-3/h4-11H,12H2,1-3H3/b21-13+. The quantitative estimate of drug-likeness (QED) is 0.581. The predicted octanol–water partition coefficient (Wildman–Crippen LogP) is 4.11. The van der Waals surface area contributed by atoms with Crippen LogP contribution in [-0.2, 0) is 20.9 Å². The average molecular weight is 374 g/mol. The zero-order chi connectivity index (χ0) is 19.8. The van der Waals surface area contributed by atoms with Gasteiger partial charge in [-0.05, 0) is 30.7 Å². The van der Waals surface area contributed by atoms with Crippen molar-refractivity contribution in [3.8, 4) is 0 Å². The van der Waals surface area contributed by atoms with Crippen LogP contribution in [0.3, 0.4) is 0 Å². The van der Waals surface area contributed by atoms with Gasteiger partial charge in [0.05, 0.1) is 25.6 Å². The SMILES string of the molecule is COC(=O)N(C(=O)OC)c1ccccc1CO/N=C(\C)c1ccc(F)cc1. The van der Waals surface area contributed by atoms with Crippen LogP contribution in [0.25, 0.3) is 0 Å². The summed E-state index contributed by atoms with van der Waals surface area (Å²) >= 11 is 0. The lowest BCUT2D eigenvalue weighted by atomic mass is 10.1. The number of hydrogen-bond acceptors (Lipinski definition) is 6. The van der Waals surface area contributed by atoms with Crippen molar-refractivity contribution in [2.75, 3.05) is 19.1 Å². The van der Waals surface area contributed by atoms with Crippen LogP contribution < -0.4 is 4.90 Å². The van der Waals surface area contributed by atoms with E-state index in [2.05, 4.69) is 14.6 Å². The minimum Gasteiger partial charge on any atom is -0.452 e. The number of carbonyl (C=O) groups is 2. The molecule has 0 heterocycles. The highest BCUT2D eigenvalue weighted by Crippen LogP contribution is 2.23. The van der Waals surface area contributed by atoms with Gasteiger partial charge in [0, 0.05) is 5.56 Å². The van der Waals surface area contributed by atoms with Crippen molar-refractivity contribution < 1.29 is 28.3 Å². The minimum atomic E-state index is -0.889. The molecule has 0 atom stereocenters. The summed E-state index contributed by atoms with van der Waals surface area (Å²) in [6, 6.07) is 12.4. The van der Waals surface area contributed by atoms with Gasteiger partial charge in [-0.25, -0.2) is 14.0 Å². The molecule has 0 fully saturated rings. The van der Waals surface area contributed by atoms with Gasteiger partial charge in [-0.3, -0.25) is 0 Å². The second kappa shape index (κ2) is 9.33. The highest BCUT2D eigenvalue weighted by Gasteiger charge is 2.27. The molecule has 0 saturated carbocycles. The fourth-order valence-corrected chi connectivity index (χ4v) is 2.25. The van der Waals surface area contributed by atoms with Crippen LogP contribution >= 0.6 is 0 Å². The summed E-state index contributed by atoms with van der Waals surface area (Å²) in [5, 5.41) is 3.99. The third-order valence-electron chi connectivity index (χ3n) is 3.63. The molecule has 2 amide bonds. The van der Waals surface area contributed by atoms with E-state index in [0.29, 0.717) is 16.8 Å². The maximum Gasteiger partial charge on any atom is 0.423 e. The second-order valence-electron chi connectivity index (χ2n) is 5.36. The van der Waals surface area contributed by atoms with Gasteiger partial charge in [0.25, 0.3) is 0 Å². The Kier molecular flexibility index (Phi) is 6.87. The summed E-state index contributed by atoms with van der Waals surface area (Å²) in [6.07, 6.45) is -1.78. The highest BCUT2D eigenvalue weighted by molar-refractivity contribution is 6.09. The van der Waals surface area contributed by atoms with Crippen molar-refractivity contribution in [3.63, 3.8) is 0 Å². The maximum absolute atomic E-state index is 13.0. The number of nitrogens with zero attached hydrogens (tertiary/aromatic N) is 2. The average Bonchev–Trinajstić information content (AvgIpc) is 2.69. The summed E-state index contributed by atoms with van der Waals surface area (Å²) in [5.41, 5.74) is 2.02. The van der Waals surface area contributed by atoms with E-state index in [1.54, 1.807) is 43.3 Å². The number of para-hydroxylation sites is 1. The monoisotopic (exact) mass is 374 g/mol. The Morgan fingerprint density at radius 1 is 1.00 bits per heavy atom. The van der Waals surface area contributed by atoms with Gasteiger partial charge in [-0.2, -0.15) is 4.90 Å². The Morgan fingerprint density at radius 3 is 2.19 bits per heavy atom. The van der Waals surface area contributed by atoms with Crippen LogP contribution in [0.15, 0.2) is 53.7 Å². The summed E-state index contributed by atoms with van der Waals surface area (Å²) in [5.74, 6) is -0.341. The lowest BCUT2D eigenvalue weighted by Crippen LogP contribution is -2.37. The molecular formula is C19H19FN2O5. The Balaban J connectivity index is 2.20. The first kappa shape index (κ1) is 19.9. The van der Waals surface area contributed by atoms with Gasteiger partial charge >= 0.3 is 12.2 Å². The molecule has 8 heteroatoms. The van der Waals surface area contributed by atoms with E-state index in [-0.39, 0.29) is 18.1 Å². The predicted molar refractivity (Wildman–Crippen MR) is 97.1 cm³/mol. The first-order valence-corrected chi connectivity index (χ1v) is 7.94. The zero-order valence-corrected chi connectivity index (χ0v) is 15.1. The Bertz CT molecular complexity index is 820. The first-order chi connectivity index (χ1) is 13.0. The lowest BCUT2D eigenvalue weighted by Gasteiger charge is -2.20. The molecule has 0 aliphatic heterocycles. The Hall–Kier alpha value is -3.42. The smallest absolute Gasteiger partial charge is 0.423 e. The topological polar surface area (TPSA) is 77.4 Å². The minimum absolute atomic E-state index is 0.0147. The Labute approximate surface area is 155 Å². The van der Waals surface area contributed by atoms with Crippen LogP contribution in [0, 0.1) is 5.82 Å². The highest BCUT2D eigenvalue weighted by atomic mass is 19.1. The molecule has 27 heavy (non-hydrogen) atoms. The van der Waals surface area contributed by atoms with Crippen molar-refractivity contribution in [1.82, 2.24) is 0 Å². The number of oxime groups is 1. The Morgan fingerprint density at radius 2 is 1.59 bits per heavy atom. The van der Waals surface area contributed by atoms with Crippen LogP contribution in [0.1, 0.15) is 18.1 Å². The normalized spacial score (nSPS) is 10.9. The molecule has 0 aliphatic carbocycles. The number of methoxy groups -OCH3 is 2. The number of carbonyl (C=O) groups excluding carboxylic acids is 2. The molecule has 7 nitrogen and oxygen atoms in total. The number of amides is 2. The molecule has 2 aromatic rings. The lowest BCUT2D eigenvalue weighted by molar-refractivity contribution is 0.130. The van der Waals surface area contributed by atoms with Gasteiger partial charge in [-0.15, -0.1) is 0 Å². The molecule has 0 spiro atoms. The number of imide groups is 1. The summed E-state index contributed by atoms with van der Waals surface area (Å²) in [6.45, 7) is 1.70. The number of hydrogen-bond donors (Lipinski definition) is 0. The van der Waals surface area contributed by atoms with Gasteiger partial charge in [-0.1, -0.05) is 35.5 Å². The second-order valence-corrected chi connectivity index (χ2v) is 5.36. The van der Waals surface area contributed by atoms with Crippen molar-refractivity contribution in [2.24, 2.45) is 5.16 Å². The van der Waals surface area contributed by atoms with E-state index in [1.807, 2.05) is 0 Å². The number of rotatable bonds is 5. The van der Waals surface area contributed by atoms with E-state index in [9.17, 15) is 14.0 Å². The van der Waals surface area contributed by atoms with E-state index in [4.69, 9.17) is 4.84 Å². The third kappa shape index (κ3) is 5.04. The number of ether oxygens (including phenoxy) is 2. The molecule has 0 unspecified atom stereocenters. The third-order valence-corrected chi connectivity index (χ3v) is 3.63. The van der Waals surface area contributed by atoms with Gasteiger partial charge in [0.1, 0.15) is 12.4 Å². The summed E-state index contributed by atoms with van der Waals surface area (Å²) in [4.78, 5) is 30.0. The molecule has 142 valence electrons. The van der Waals surface area contributed by atoms with Crippen LogP contribution in [-0.4, -0.2) is 32.1 Å². The van der Waals surface area contributed by atoms with Crippen molar-refractivity contribution in [1.29, 1.82) is 0 Å². The fourth-order valence-electron chi connectivity index (χ4n) is 2.25. The number of benzene rings is 2. The summed E-state index contributed by atoms with van der Waals surface area (Å²) in [7, 11) is 2.32. The van der Waals surface area contributed by atoms with E-state index in [1.165, 1.54) is 12.1 Å². The van der Waals surface area contributed by atoms with Crippen molar-refractivity contribution in [2.45, 2.75) is 13.5 Å². The largest absolute Gasteiger partial charge is 0.452 e. The van der Waals surface area contributed by atoms with Gasteiger partial charge in [0.15, 0.2) is 0 Å².